The fourth-order valence-electron chi connectivity index (χ4n) is 3.75. The molecule has 176 valence electrons. The second-order valence-corrected chi connectivity index (χ2v) is 8.76. The number of rotatable bonds is 6. The number of carbonyl (C=O) groups excluding carboxylic acids is 2. The van der Waals surface area contributed by atoms with Gasteiger partial charge in [-0.15, -0.1) is 0 Å². The van der Waals surface area contributed by atoms with Crippen molar-refractivity contribution in [2.75, 3.05) is 13.7 Å². The van der Waals surface area contributed by atoms with Crippen molar-refractivity contribution in [3.63, 3.8) is 0 Å². The molecule has 2 aromatic carbocycles. The Labute approximate surface area is 207 Å². The molecule has 0 aliphatic carbocycles. The fraction of sp³-hybridized carbons (Fsp3) is 0.208. The fourth-order valence-corrected chi connectivity index (χ4v) is 4.50. The minimum Gasteiger partial charge on any atom is -0.483 e. The molecule has 0 saturated carbocycles. The molecule has 4 rings (SSSR count). The normalized spacial score (nSPS) is 12.9. The third kappa shape index (κ3) is 4.58. The first-order valence-corrected chi connectivity index (χ1v) is 11.4. The van der Waals surface area contributed by atoms with Crippen molar-refractivity contribution in [3.05, 3.63) is 96.6 Å². The molecule has 34 heavy (non-hydrogen) atoms. The minimum atomic E-state index is -0.758. The van der Waals surface area contributed by atoms with Gasteiger partial charge >= 0.3 is 5.97 Å². The summed E-state index contributed by atoms with van der Waals surface area (Å²) in [5, 5.41) is -0.0534. The van der Waals surface area contributed by atoms with Gasteiger partial charge < -0.3 is 18.9 Å². The van der Waals surface area contributed by atoms with E-state index in [2.05, 4.69) is 15.9 Å². The Hall–Kier alpha value is -3.17. The highest BCUT2D eigenvalue weighted by atomic mass is 79.9. The van der Waals surface area contributed by atoms with E-state index in [9.17, 15) is 18.8 Å². The average Bonchev–Trinajstić information content (AvgIpc) is 2.84. The van der Waals surface area contributed by atoms with E-state index in [1.54, 1.807) is 0 Å². The number of hydrogen-bond donors (Lipinski definition) is 0. The second kappa shape index (κ2) is 9.99. The lowest BCUT2D eigenvalue weighted by Gasteiger charge is -2.32. The summed E-state index contributed by atoms with van der Waals surface area (Å²) in [6, 6.07) is 13.4. The Balaban J connectivity index is 1.77. The van der Waals surface area contributed by atoms with Crippen molar-refractivity contribution < 1.29 is 23.5 Å². The Morgan fingerprint density at radius 1 is 1.12 bits per heavy atom. The lowest BCUT2D eigenvalue weighted by molar-refractivity contribution is 0.0572. The first-order valence-electron chi connectivity index (χ1n) is 10.3. The molecule has 0 atom stereocenters. The van der Waals surface area contributed by atoms with Gasteiger partial charge in [0.25, 0.3) is 5.91 Å². The van der Waals surface area contributed by atoms with Crippen LogP contribution in [0.4, 0.5) is 4.39 Å². The topological polar surface area (TPSA) is 77.8 Å². The molecule has 1 aromatic heterocycles. The van der Waals surface area contributed by atoms with Crippen LogP contribution in [0.25, 0.3) is 0 Å². The van der Waals surface area contributed by atoms with E-state index in [1.807, 2.05) is 30.3 Å². The highest BCUT2D eigenvalue weighted by Gasteiger charge is 2.35. The molecular weight excluding hydrogens is 531 g/mol. The van der Waals surface area contributed by atoms with Crippen LogP contribution in [0.15, 0.2) is 57.8 Å². The van der Waals surface area contributed by atoms with Crippen LogP contribution in [-0.2, 0) is 24.4 Å². The molecule has 1 amide bonds. The number of ether oxygens (including phenoxy) is 2. The standard InChI is InChI=1S/C24H19BrClFN2O5/c1-33-24(32)19-18(25)21(30)22(34-13-14-5-3-2-4-6-14)20-23(31)28(9-10-29(19)20)12-15-7-8-17(27)16(26)11-15/h2-8,11H,9-10,12-13H2,1H3. The molecule has 0 saturated heterocycles. The van der Waals surface area contributed by atoms with Gasteiger partial charge in [-0.2, -0.15) is 0 Å². The lowest BCUT2D eigenvalue weighted by atomic mass is 10.1. The smallest absolute Gasteiger partial charge is 0.356 e. The van der Waals surface area contributed by atoms with E-state index < -0.39 is 23.1 Å². The number of pyridine rings is 1. The summed E-state index contributed by atoms with van der Waals surface area (Å²) in [6.45, 7) is 0.627. The van der Waals surface area contributed by atoms with Gasteiger partial charge in [0.2, 0.25) is 5.43 Å². The molecule has 0 spiro atoms. The van der Waals surface area contributed by atoms with Crippen LogP contribution >= 0.6 is 27.5 Å². The number of nitrogens with zero attached hydrogens (tertiary/aromatic N) is 2. The number of fused-ring (bicyclic) bond motifs is 1. The zero-order chi connectivity index (χ0) is 24.4. The van der Waals surface area contributed by atoms with Gasteiger partial charge in [-0.05, 0) is 39.2 Å². The molecule has 2 heterocycles. The van der Waals surface area contributed by atoms with Gasteiger partial charge in [-0.25, -0.2) is 9.18 Å². The van der Waals surface area contributed by atoms with Gasteiger partial charge in [0.15, 0.2) is 11.4 Å². The van der Waals surface area contributed by atoms with Crippen LogP contribution < -0.4 is 10.2 Å². The largest absolute Gasteiger partial charge is 0.483 e. The summed E-state index contributed by atoms with van der Waals surface area (Å²) in [5.41, 5.74) is 0.668. The van der Waals surface area contributed by atoms with E-state index in [-0.39, 0.29) is 52.9 Å². The summed E-state index contributed by atoms with van der Waals surface area (Å²) in [6.07, 6.45) is 0. The SMILES string of the molecule is COC(=O)c1c(Br)c(=O)c(OCc2ccccc2)c2n1CCN(Cc1ccc(F)c(Cl)c1)C2=O. The lowest BCUT2D eigenvalue weighted by Crippen LogP contribution is -2.43. The van der Waals surface area contributed by atoms with Gasteiger partial charge in [0.1, 0.15) is 22.6 Å². The zero-order valence-electron chi connectivity index (χ0n) is 18.0. The molecule has 0 bridgehead atoms. The molecule has 0 radical (unpaired) electrons. The van der Waals surface area contributed by atoms with E-state index in [4.69, 9.17) is 21.1 Å². The van der Waals surface area contributed by atoms with Gasteiger partial charge in [0.05, 0.1) is 12.1 Å². The van der Waals surface area contributed by atoms with Crippen LogP contribution in [0.1, 0.15) is 32.1 Å². The predicted octanol–water partition coefficient (Wildman–Crippen LogP) is 4.42. The first-order chi connectivity index (χ1) is 16.3. The number of esters is 1. The maximum absolute atomic E-state index is 13.5. The molecule has 3 aromatic rings. The van der Waals surface area contributed by atoms with Crippen molar-refractivity contribution in [3.8, 4) is 5.75 Å². The van der Waals surface area contributed by atoms with Crippen molar-refractivity contribution in [2.45, 2.75) is 19.7 Å². The molecule has 1 aliphatic heterocycles. The Bertz CT molecular complexity index is 1330. The van der Waals surface area contributed by atoms with E-state index in [0.717, 1.165) is 5.56 Å². The quantitative estimate of drug-likeness (QED) is 0.425. The van der Waals surface area contributed by atoms with E-state index in [0.29, 0.717) is 5.56 Å². The second-order valence-electron chi connectivity index (χ2n) is 7.56. The summed E-state index contributed by atoms with van der Waals surface area (Å²) in [7, 11) is 1.20. The molecular formula is C24H19BrClFN2O5. The highest BCUT2D eigenvalue weighted by molar-refractivity contribution is 9.10. The van der Waals surface area contributed by atoms with Gasteiger partial charge in [-0.3, -0.25) is 9.59 Å². The third-order valence-corrected chi connectivity index (χ3v) is 6.44. The first kappa shape index (κ1) is 24.0. The van der Waals surface area contributed by atoms with Crippen molar-refractivity contribution >= 4 is 39.4 Å². The molecule has 0 fully saturated rings. The number of amides is 1. The number of methoxy groups -OCH3 is 1. The maximum atomic E-state index is 13.5. The summed E-state index contributed by atoms with van der Waals surface area (Å²) >= 11 is 9.08. The van der Waals surface area contributed by atoms with Crippen LogP contribution in [-0.4, -0.2) is 35.0 Å². The van der Waals surface area contributed by atoms with Crippen LogP contribution in [0.5, 0.6) is 5.75 Å². The van der Waals surface area contributed by atoms with E-state index in [1.165, 1.54) is 34.8 Å². The molecule has 0 N–H and O–H groups in total. The minimum absolute atomic E-state index is 0.0438. The summed E-state index contributed by atoms with van der Waals surface area (Å²) in [4.78, 5) is 40.7. The number of aromatic nitrogens is 1. The van der Waals surface area contributed by atoms with Gasteiger partial charge in [-0.1, -0.05) is 48.0 Å². The van der Waals surface area contributed by atoms with Crippen molar-refractivity contribution in [1.29, 1.82) is 0 Å². The Morgan fingerprint density at radius 2 is 1.85 bits per heavy atom. The van der Waals surface area contributed by atoms with Crippen molar-refractivity contribution in [2.24, 2.45) is 0 Å². The third-order valence-electron chi connectivity index (χ3n) is 5.41. The molecule has 7 nitrogen and oxygen atoms in total. The number of carbonyl (C=O) groups is 2. The number of benzene rings is 2. The monoisotopic (exact) mass is 548 g/mol. The number of hydrogen-bond acceptors (Lipinski definition) is 5. The molecule has 1 aliphatic rings. The van der Waals surface area contributed by atoms with Crippen LogP contribution in [0, 0.1) is 5.82 Å². The van der Waals surface area contributed by atoms with Gasteiger partial charge in [0, 0.05) is 19.6 Å². The van der Waals surface area contributed by atoms with Crippen molar-refractivity contribution in [1.82, 2.24) is 9.47 Å². The predicted molar refractivity (Wildman–Crippen MR) is 127 cm³/mol. The van der Waals surface area contributed by atoms with Crippen LogP contribution in [0.3, 0.4) is 0 Å². The molecule has 0 unspecified atom stereocenters. The van der Waals surface area contributed by atoms with Crippen LogP contribution in [0.2, 0.25) is 5.02 Å². The maximum Gasteiger partial charge on any atom is 0.356 e. The zero-order valence-corrected chi connectivity index (χ0v) is 20.4. The summed E-state index contributed by atoms with van der Waals surface area (Å²) in [5.74, 6) is -2.00. The molecule has 10 heteroatoms. The van der Waals surface area contributed by atoms with E-state index >= 15 is 0 Å². The Kier molecular flexibility index (Phi) is 7.04. The Morgan fingerprint density at radius 3 is 2.53 bits per heavy atom. The average molecular weight is 550 g/mol. The number of halogens is 3. The summed E-state index contributed by atoms with van der Waals surface area (Å²) < 4.78 is 25.6. The highest BCUT2D eigenvalue weighted by Crippen LogP contribution is 2.29.